The van der Waals surface area contributed by atoms with Crippen LogP contribution in [0, 0.1) is 5.82 Å². The number of aromatic nitrogens is 2. The van der Waals surface area contributed by atoms with Crippen molar-refractivity contribution in [1.29, 1.82) is 0 Å². The van der Waals surface area contributed by atoms with E-state index in [0.717, 1.165) is 11.3 Å². The summed E-state index contributed by atoms with van der Waals surface area (Å²) >= 11 is -1.70. The van der Waals surface area contributed by atoms with E-state index in [1.807, 2.05) is 6.07 Å². The summed E-state index contributed by atoms with van der Waals surface area (Å²) in [5.41, 5.74) is 3.67. The molecule has 158 valence electrons. The number of ether oxygens (including phenoxy) is 1. The van der Waals surface area contributed by atoms with Crippen LogP contribution in [-0.4, -0.2) is 27.0 Å². The van der Waals surface area contributed by atoms with Crippen molar-refractivity contribution in [2.75, 3.05) is 12.4 Å². The third-order valence-corrected chi connectivity index (χ3v) is 9.29. The van der Waals surface area contributed by atoms with Crippen molar-refractivity contribution in [2.45, 2.75) is 10.5 Å². The molecule has 2 aromatic heterocycles. The number of carbonyl (C=O) groups is 1. The van der Waals surface area contributed by atoms with Gasteiger partial charge in [-0.3, -0.25) is 0 Å². The van der Waals surface area contributed by atoms with Crippen molar-refractivity contribution in [3.8, 4) is 22.8 Å². The molecule has 4 heterocycles. The number of nitrogens with one attached hydrogen (secondary N) is 3. The first-order valence-electron chi connectivity index (χ1n) is 8.86. The summed E-state index contributed by atoms with van der Waals surface area (Å²) in [6.07, 6.45) is 3.92. The van der Waals surface area contributed by atoms with Gasteiger partial charge >= 0.3 is 194 Å². The molecule has 3 N–H and O–H groups in total. The summed E-state index contributed by atoms with van der Waals surface area (Å²) in [7, 11) is 1.41. The number of hydrogen-bond donors (Lipinski definition) is 3. The van der Waals surface area contributed by atoms with Crippen molar-refractivity contribution in [1.82, 2.24) is 15.3 Å². The first kappa shape index (κ1) is 19.8. The van der Waals surface area contributed by atoms with Crippen molar-refractivity contribution < 1.29 is 62.0 Å². The second kappa shape index (κ2) is 8.19. The molecular formula is C19H15FI2N4O4-2. The molecule has 11 heteroatoms. The molecule has 1 atom stereocenters. The molecular weight excluding hydrogens is 621 g/mol. The van der Waals surface area contributed by atoms with Crippen LogP contribution in [0.5, 0.6) is 11.5 Å². The van der Waals surface area contributed by atoms with E-state index in [-0.39, 0.29) is 15.7 Å². The number of alkyl halides is 1. The van der Waals surface area contributed by atoms with E-state index >= 15 is 0 Å². The van der Waals surface area contributed by atoms with Crippen molar-refractivity contribution in [2.24, 2.45) is 0 Å². The van der Waals surface area contributed by atoms with E-state index in [1.165, 1.54) is 13.2 Å². The second-order valence-electron chi connectivity index (χ2n) is 6.48. The fourth-order valence-corrected chi connectivity index (χ4v) is 7.97. The molecule has 1 amide bonds. The summed E-state index contributed by atoms with van der Waals surface area (Å²) in [6, 6.07) is 6.42. The molecule has 0 unspecified atom stereocenters. The Balaban J connectivity index is 1.72. The van der Waals surface area contributed by atoms with Crippen LogP contribution in [-0.2, 0) is 7.82 Å². The molecule has 2 aliphatic heterocycles. The van der Waals surface area contributed by atoms with Crippen molar-refractivity contribution in [3.05, 3.63) is 53.7 Å². The van der Waals surface area contributed by atoms with Gasteiger partial charge < -0.3 is 0 Å². The molecule has 0 radical (unpaired) electrons. The van der Waals surface area contributed by atoms with Gasteiger partial charge in [0.2, 0.25) is 0 Å². The van der Waals surface area contributed by atoms with Gasteiger partial charge in [0, 0.05) is 0 Å². The number of fused-ring (bicyclic) bond motifs is 4. The molecule has 8 nitrogen and oxygen atoms in total. The Morgan fingerprint density at radius 2 is 2.27 bits per heavy atom. The average Bonchev–Trinajstić information content (AvgIpc) is 3.08. The van der Waals surface area contributed by atoms with Crippen LogP contribution in [0.2, 0.25) is 0 Å². The summed E-state index contributed by atoms with van der Waals surface area (Å²) in [4.78, 5) is 20.6. The number of aromatic amines is 1. The third-order valence-electron chi connectivity index (χ3n) is 4.74. The first-order chi connectivity index (χ1) is 14.7. The molecule has 3 bridgehead atoms. The number of halogens is 3. The second-order valence-corrected chi connectivity index (χ2v) is 11.9. The Morgan fingerprint density at radius 3 is 3.13 bits per heavy atom. The summed E-state index contributed by atoms with van der Waals surface area (Å²) in [6.45, 7) is 0. The maximum atomic E-state index is 14.3. The van der Waals surface area contributed by atoms with Crippen LogP contribution in [0.25, 0.3) is 11.3 Å². The van der Waals surface area contributed by atoms with Crippen LogP contribution in [0.15, 0.2) is 36.7 Å². The molecule has 0 saturated heterocycles. The first-order valence-corrected chi connectivity index (χ1v) is 12.8. The Bertz CT molecular complexity index is 1140. The topological polar surface area (TPSA) is 97.5 Å². The molecule has 0 fully saturated rings. The van der Waals surface area contributed by atoms with Crippen molar-refractivity contribution in [3.63, 3.8) is 0 Å². The number of benzene rings is 1. The van der Waals surface area contributed by atoms with Gasteiger partial charge in [-0.15, -0.1) is 0 Å². The van der Waals surface area contributed by atoms with Crippen LogP contribution in [0.3, 0.4) is 0 Å². The summed E-state index contributed by atoms with van der Waals surface area (Å²) in [5, 5.41) is 6.25. The Morgan fingerprint density at radius 1 is 1.37 bits per heavy atom. The summed E-state index contributed by atoms with van der Waals surface area (Å²) < 4.78 is 31.1. The molecule has 1 aromatic carbocycles. The van der Waals surface area contributed by atoms with Crippen LogP contribution < -0.4 is 62.1 Å². The van der Waals surface area contributed by atoms with E-state index in [1.54, 1.807) is 24.5 Å². The summed E-state index contributed by atoms with van der Waals surface area (Å²) in [5.74, 6) is -0.0422. The van der Waals surface area contributed by atoms with Gasteiger partial charge in [-0.1, -0.05) is 0 Å². The number of hydrogen-bond acceptors (Lipinski definition) is 6. The minimum absolute atomic E-state index is 0.0468. The molecule has 3 aromatic rings. The quantitative estimate of drug-likeness (QED) is 0.161. The fourth-order valence-electron chi connectivity index (χ4n) is 3.48. The van der Waals surface area contributed by atoms with E-state index in [4.69, 9.17) is 9.20 Å². The van der Waals surface area contributed by atoms with Crippen molar-refractivity contribution >= 4 is 17.3 Å². The number of H-pyrrole nitrogens is 1. The van der Waals surface area contributed by atoms with Gasteiger partial charge in [0.25, 0.3) is 0 Å². The molecule has 0 spiro atoms. The number of carbonyl (C=O) groups excluding carboxylic acids is 1. The molecule has 0 saturated carbocycles. The van der Waals surface area contributed by atoms with Gasteiger partial charge in [-0.05, 0) is 0 Å². The predicted molar refractivity (Wildman–Crippen MR) is 96.9 cm³/mol. The number of amides is 1. The van der Waals surface area contributed by atoms with Gasteiger partial charge in [0.05, 0.1) is 0 Å². The Hall–Kier alpha value is -2.13. The van der Waals surface area contributed by atoms with E-state index in [0.29, 0.717) is 34.8 Å². The van der Waals surface area contributed by atoms with E-state index < -0.39 is 49.5 Å². The monoisotopic (exact) mass is 636 g/mol. The number of methoxy groups -OCH3 is 1. The third kappa shape index (κ3) is 3.47. The number of nitrogens with zero attached hydrogens (tertiary/aromatic N) is 1. The zero-order valence-electron chi connectivity index (χ0n) is 15.5. The predicted octanol–water partition coefficient (Wildman–Crippen LogP) is -3.09. The SMILES string of the molecule is COc1c(F)cccc1Nc1c2[nH]c3c1C(=O)N[C@H](C3)[I-]O[I-]Oc1cnccc1-2. The average molecular weight is 636 g/mol. The zero-order chi connectivity index (χ0) is 20.7. The number of anilines is 2. The number of pyridine rings is 1. The van der Waals surface area contributed by atoms with Crippen LogP contribution >= 0.6 is 0 Å². The van der Waals surface area contributed by atoms with E-state index in [9.17, 15) is 9.18 Å². The fraction of sp³-hybridized carbons (Fsp3) is 0.158. The van der Waals surface area contributed by atoms with Crippen LogP contribution in [0.1, 0.15) is 16.1 Å². The molecule has 5 rings (SSSR count). The number of rotatable bonds is 3. The van der Waals surface area contributed by atoms with E-state index in [2.05, 4.69) is 20.6 Å². The normalized spacial score (nSPS) is 17.9. The zero-order valence-corrected chi connectivity index (χ0v) is 19.8. The van der Waals surface area contributed by atoms with Gasteiger partial charge in [0.15, 0.2) is 0 Å². The standard InChI is InChI=1S/C19H15FI2N4O4/c1-28-18-10(20)3-2-4-11(18)24-17-15-12-7-14(26-19(15)27)21-30-22-29-13-8-23-6-5-9(13)16(17)25-12/h2-6,8,14,24-25H,7H2,1H3,(H,26,27)/q-2/t14-/m1/s1. The maximum absolute atomic E-state index is 14.3. The molecule has 0 aliphatic carbocycles. The Labute approximate surface area is 193 Å². The van der Waals surface area contributed by atoms with Gasteiger partial charge in [-0.25, -0.2) is 0 Å². The van der Waals surface area contributed by atoms with Crippen LogP contribution in [0.4, 0.5) is 15.8 Å². The van der Waals surface area contributed by atoms with Gasteiger partial charge in [-0.2, -0.15) is 0 Å². The number of para-hydroxylation sites is 1. The van der Waals surface area contributed by atoms with Gasteiger partial charge in [0.1, 0.15) is 0 Å². The Kier molecular flexibility index (Phi) is 5.41. The molecule has 2 aliphatic rings. The molecule has 30 heavy (non-hydrogen) atoms. The minimum atomic E-state index is -0.977.